The summed E-state index contributed by atoms with van der Waals surface area (Å²) in [6, 6.07) is 10.8. The van der Waals surface area contributed by atoms with E-state index in [-0.39, 0.29) is 23.8 Å². The smallest absolute Gasteiger partial charge is 0.329 e. The van der Waals surface area contributed by atoms with Crippen LogP contribution in [0.4, 0.5) is 4.39 Å². The number of carbonyl (C=O) groups excluding carboxylic acids is 1. The van der Waals surface area contributed by atoms with Crippen LogP contribution < -0.4 is 16.0 Å². The fourth-order valence-corrected chi connectivity index (χ4v) is 4.06. The highest BCUT2D eigenvalue weighted by molar-refractivity contribution is 5.79. The van der Waals surface area contributed by atoms with Crippen LogP contribution in [0.25, 0.3) is 10.9 Å². The first-order chi connectivity index (χ1) is 15.0. The second-order valence-corrected chi connectivity index (χ2v) is 7.66. The van der Waals surface area contributed by atoms with Crippen LogP contribution in [-0.2, 0) is 11.2 Å². The van der Waals surface area contributed by atoms with Crippen LogP contribution in [-0.4, -0.2) is 40.1 Å². The quantitative estimate of drug-likeness (QED) is 0.681. The number of rotatable bonds is 5. The summed E-state index contributed by atoms with van der Waals surface area (Å²) in [7, 11) is 0. The number of nitrogens with zero attached hydrogens (tertiary/aromatic N) is 2. The molecule has 1 amide bonds. The highest BCUT2D eigenvalue weighted by atomic mass is 19.1. The Morgan fingerprint density at radius 1 is 1.13 bits per heavy atom. The number of hydrogen-bond donors (Lipinski definition) is 1. The van der Waals surface area contributed by atoms with Gasteiger partial charge in [-0.05, 0) is 55.7 Å². The molecule has 1 aliphatic heterocycles. The van der Waals surface area contributed by atoms with Gasteiger partial charge in [-0.1, -0.05) is 12.1 Å². The second kappa shape index (κ2) is 8.75. The van der Waals surface area contributed by atoms with E-state index in [1.54, 1.807) is 4.90 Å². The summed E-state index contributed by atoms with van der Waals surface area (Å²) in [6.45, 7) is 3.41. The largest absolute Gasteiger partial charge is 0.494 e. The van der Waals surface area contributed by atoms with Gasteiger partial charge in [0.25, 0.3) is 5.56 Å². The molecule has 1 aromatic heterocycles. The third-order valence-electron chi connectivity index (χ3n) is 5.66. The Bertz CT molecular complexity index is 1210. The summed E-state index contributed by atoms with van der Waals surface area (Å²) < 4.78 is 20.2. The molecule has 0 atom stereocenters. The number of aromatic nitrogens is 2. The number of aromatic amines is 1. The zero-order valence-electron chi connectivity index (χ0n) is 17.3. The fraction of sp³-hybridized carbons (Fsp3) is 0.348. The van der Waals surface area contributed by atoms with E-state index in [1.165, 1.54) is 12.1 Å². The lowest BCUT2D eigenvalue weighted by molar-refractivity contribution is -0.131. The molecule has 1 saturated heterocycles. The van der Waals surface area contributed by atoms with Crippen molar-refractivity contribution in [3.63, 3.8) is 0 Å². The van der Waals surface area contributed by atoms with Gasteiger partial charge in [-0.2, -0.15) is 0 Å². The van der Waals surface area contributed by atoms with Gasteiger partial charge < -0.3 is 14.6 Å². The van der Waals surface area contributed by atoms with Crippen LogP contribution in [0.5, 0.6) is 5.75 Å². The molecule has 0 radical (unpaired) electrons. The van der Waals surface area contributed by atoms with E-state index in [2.05, 4.69) is 4.98 Å². The standard InChI is InChI=1S/C23H24FN3O4/c1-2-31-18-6-3-15(4-7-18)13-21(28)26-11-9-17(10-12-26)27-22(29)19-14-16(24)5-8-20(19)25-23(27)30/h3-8,14,17H,2,9-13H2,1H3,(H,25,30). The SMILES string of the molecule is CCOc1ccc(CC(=O)N2CCC(n3c(=O)[nH]c4ccc(F)cc4c3=O)CC2)cc1. The van der Waals surface area contributed by atoms with Crippen molar-refractivity contribution in [3.8, 4) is 5.75 Å². The number of hydrogen-bond acceptors (Lipinski definition) is 4. The van der Waals surface area contributed by atoms with Gasteiger partial charge in [-0.15, -0.1) is 0 Å². The minimum absolute atomic E-state index is 0.00412. The molecule has 31 heavy (non-hydrogen) atoms. The van der Waals surface area contributed by atoms with Crippen molar-refractivity contribution in [2.24, 2.45) is 0 Å². The summed E-state index contributed by atoms with van der Waals surface area (Å²) in [6.07, 6.45) is 1.25. The third-order valence-corrected chi connectivity index (χ3v) is 5.66. The average Bonchev–Trinajstić information content (AvgIpc) is 2.76. The minimum Gasteiger partial charge on any atom is -0.494 e. The van der Waals surface area contributed by atoms with Crippen LogP contribution in [0.3, 0.4) is 0 Å². The molecule has 2 aromatic carbocycles. The van der Waals surface area contributed by atoms with Crippen LogP contribution in [0, 0.1) is 5.82 Å². The fourth-order valence-electron chi connectivity index (χ4n) is 4.06. The van der Waals surface area contributed by atoms with Crippen molar-refractivity contribution in [1.29, 1.82) is 0 Å². The van der Waals surface area contributed by atoms with Crippen molar-refractivity contribution in [2.75, 3.05) is 19.7 Å². The van der Waals surface area contributed by atoms with Gasteiger partial charge in [0.2, 0.25) is 5.91 Å². The van der Waals surface area contributed by atoms with Gasteiger partial charge in [0.1, 0.15) is 11.6 Å². The zero-order valence-corrected chi connectivity index (χ0v) is 17.3. The van der Waals surface area contributed by atoms with Crippen molar-refractivity contribution in [3.05, 3.63) is 74.7 Å². The topological polar surface area (TPSA) is 84.4 Å². The highest BCUT2D eigenvalue weighted by Gasteiger charge is 2.26. The van der Waals surface area contributed by atoms with E-state index in [9.17, 15) is 18.8 Å². The van der Waals surface area contributed by atoms with Gasteiger partial charge in [0.15, 0.2) is 0 Å². The number of nitrogens with one attached hydrogen (secondary N) is 1. The lowest BCUT2D eigenvalue weighted by atomic mass is 10.0. The Morgan fingerprint density at radius 2 is 1.84 bits per heavy atom. The Morgan fingerprint density at radius 3 is 2.52 bits per heavy atom. The first-order valence-corrected chi connectivity index (χ1v) is 10.4. The number of H-pyrrole nitrogens is 1. The number of ether oxygens (including phenoxy) is 1. The van der Waals surface area contributed by atoms with E-state index < -0.39 is 17.1 Å². The van der Waals surface area contributed by atoms with E-state index in [0.29, 0.717) is 38.1 Å². The maximum absolute atomic E-state index is 13.6. The molecule has 1 fully saturated rings. The summed E-state index contributed by atoms with van der Waals surface area (Å²) >= 11 is 0. The second-order valence-electron chi connectivity index (χ2n) is 7.66. The van der Waals surface area contributed by atoms with Crippen LogP contribution in [0.15, 0.2) is 52.1 Å². The molecule has 4 rings (SSSR count). The number of piperidine rings is 1. The summed E-state index contributed by atoms with van der Waals surface area (Å²) in [5.74, 6) is 0.243. The maximum atomic E-state index is 13.6. The Kier molecular flexibility index (Phi) is 5.88. The molecule has 2 heterocycles. The number of halogens is 1. The Balaban J connectivity index is 1.44. The molecule has 0 spiro atoms. The first kappa shape index (κ1) is 20.8. The molecule has 0 unspecified atom stereocenters. The van der Waals surface area contributed by atoms with Gasteiger partial charge in [-0.3, -0.25) is 14.2 Å². The van der Waals surface area contributed by atoms with Crippen molar-refractivity contribution in [2.45, 2.75) is 32.2 Å². The summed E-state index contributed by atoms with van der Waals surface area (Å²) in [4.78, 5) is 42.4. The van der Waals surface area contributed by atoms with E-state index in [4.69, 9.17) is 4.74 Å². The zero-order chi connectivity index (χ0) is 22.0. The number of carbonyl (C=O) groups is 1. The molecule has 0 saturated carbocycles. The average molecular weight is 425 g/mol. The lowest BCUT2D eigenvalue weighted by Crippen LogP contribution is -2.45. The number of likely N-dealkylation sites (tertiary alicyclic amines) is 1. The molecule has 162 valence electrons. The van der Waals surface area contributed by atoms with Crippen molar-refractivity contribution < 1.29 is 13.9 Å². The molecular formula is C23H24FN3O4. The van der Waals surface area contributed by atoms with Gasteiger partial charge in [0.05, 0.1) is 23.9 Å². The molecule has 0 bridgehead atoms. The van der Waals surface area contributed by atoms with E-state index in [1.807, 2.05) is 31.2 Å². The summed E-state index contributed by atoms with van der Waals surface area (Å²) in [5.41, 5.74) is 0.205. The molecule has 1 N–H and O–H groups in total. The molecule has 0 aliphatic carbocycles. The van der Waals surface area contributed by atoms with Crippen LogP contribution in [0.1, 0.15) is 31.4 Å². The first-order valence-electron chi connectivity index (χ1n) is 10.4. The summed E-state index contributed by atoms with van der Waals surface area (Å²) in [5, 5.41) is 0.147. The predicted octanol–water partition coefficient (Wildman–Crippen LogP) is 2.63. The lowest BCUT2D eigenvalue weighted by Gasteiger charge is -2.32. The Hall–Kier alpha value is -3.42. The van der Waals surface area contributed by atoms with Crippen LogP contribution in [0.2, 0.25) is 0 Å². The van der Waals surface area contributed by atoms with Gasteiger partial charge in [-0.25, -0.2) is 9.18 Å². The highest BCUT2D eigenvalue weighted by Crippen LogP contribution is 2.22. The number of fused-ring (bicyclic) bond motifs is 1. The van der Waals surface area contributed by atoms with Crippen molar-refractivity contribution >= 4 is 16.8 Å². The normalized spacial score (nSPS) is 14.7. The molecule has 1 aliphatic rings. The molecule has 7 nitrogen and oxygen atoms in total. The maximum Gasteiger partial charge on any atom is 0.329 e. The number of amides is 1. The van der Waals surface area contributed by atoms with Gasteiger partial charge in [0, 0.05) is 19.1 Å². The molecule has 3 aromatic rings. The molecular weight excluding hydrogens is 401 g/mol. The number of benzene rings is 2. The van der Waals surface area contributed by atoms with Crippen molar-refractivity contribution in [1.82, 2.24) is 14.5 Å². The van der Waals surface area contributed by atoms with E-state index >= 15 is 0 Å². The predicted molar refractivity (Wildman–Crippen MR) is 115 cm³/mol. The third kappa shape index (κ3) is 4.38. The minimum atomic E-state index is -0.530. The van der Waals surface area contributed by atoms with Gasteiger partial charge >= 0.3 is 5.69 Å². The van der Waals surface area contributed by atoms with Crippen LogP contribution >= 0.6 is 0 Å². The monoisotopic (exact) mass is 425 g/mol. The molecule has 8 heteroatoms. The van der Waals surface area contributed by atoms with E-state index in [0.717, 1.165) is 21.9 Å². The Labute approximate surface area is 178 Å².